The summed E-state index contributed by atoms with van der Waals surface area (Å²) in [7, 11) is 0. The average molecular weight is 286 g/mol. The zero-order valence-corrected chi connectivity index (χ0v) is 11.8. The third-order valence-electron chi connectivity index (χ3n) is 2.33. The Kier molecular flexibility index (Phi) is 6.88. The van der Waals surface area contributed by atoms with Gasteiger partial charge in [-0.2, -0.15) is 0 Å². The van der Waals surface area contributed by atoms with E-state index in [-0.39, 0.29) is 0 Å². The van der Waals surface area contributed by atoms with Gasteiger partial charge in [-0.25, -0.2) is 0 Å². The quantitative estimate of drug-likeness (QED) is 0.669. The van der Waals surface area contributed by atoms with Crippen molar-refractivity contribution in [1.29, 1.82) is 0 Å². The Morgan fingerprint density at radius 2 is 1.83 bits per heavy atom. The van der Waals surface area contributed by atoms with E-state index in [0.29, 0.717) is 22.4 Å². The molecule has 0 aliphatic heterocycles. The zero-order chi connectivity index (χ0) is 13.4. The molecule has 0 fully saturated rings. The van der Waals surface area contributed by atoms with Gasteiger partial charge >= 0.3 is 0 Å². The molecular formula is C14H17Cl2NO. The third kappa shape index (κ3) is 5.13. The molecule has 0 atom stereocenters. The molecule has 0 bridgehead atoms. The Balaban J connectivity index is 2.46. The largest absolute Gasteiger partial charge is 0.491 e. The van der Waals surface area contributed by atoms with Gasteiger partial charge in [0.1, 0.15) is 12.4 Å². The fourth-order valence-corrected chi connectivity index (χ4v) is 1.83. The van der Waals surface area contributed by atoms with E-state index < -0.39 is 0 Å². The van der Waals surface area contributed by atoms with Crippen LogP contribution in [0.1, 0.15) is 0 Å². The standard InChI is InChI=1S/C14H17Cl2NO/c1-3-7-17(8-4-2)9-10-18-14-11-12(15)5-6-13(14)16/h3-6,11H,1-2,7-10H2. The summed E-state index contributed by atoms with van der Waals surface area (Å²) >= 11 is 11.9. The molecule has 2 nitrogen and oxygen atoms in total. The maximum atomic E-state index is 6.00. The molecule has 1 rings (SSSR count). The summed E-state index contributed by atoms with van der Waals surface area (Å²) in [5, 5.41) is 1.18. The van der Waals surface area contributed by atoms with Gasteiger partial charge < -0.3 is 4.74 Å². The lowest BCUT2D eigenvalue weighted by molar-refractivity contribution is 0.236. The van der Waals surface area contributed by atoms with Crippen LogP contribution in [0.2, 0.25) is 10.0 Å². The SMILES string of the molecule is C=CCN(CC=C)CCOc1cc(Cl)ccc1Cl. The fraction of sp³-hybridized carbons (Fsp3) is 0.286. The molecule has 0 aliphatic carbocycles. The van der Waals surface area contributed by atoms with E-state index in [9.17, 15) is 0 Å². The topological polar surface area (TPSA) is 12.5 Å². The van der Waals surface area contributed by atoms with Crippen LogP contribution >= 0.6 is 23.2 Å². The minimum atomic E-state index is 0.543. The lowest BCUT2D eigenvalue weighted by atomic mass is 10.3. The smallest absolute Gasteiger partial charge is 0.139 e. The Labute approximate surface area is 118 Å². The molecule has 0 amide bonds. The number of benzene rings is 1. The zero-order valence-electron chi connectivity index (χ0n) is 10.2. The van der Waals surface area contributed by atoms with Crippen molar-refractivity contribution in [2.24, 2.45) is 0 Å². The Morgan fingerprint density at radius 1 is 1.17 bits per heavy atom. The first-order valence-corrected chi connectivity index (χ1v) is 6.45. The van der Waals surface area contributed by atoms with E-state index >= 15 is 0 Å². The molecule has 18 heavy (non-hydrogen) atoms. The highest BCUT2D eigenvalue weighted by Gasteiger charge is 2.04. The molecule has 0 saturated carbocycles. The molecule has 0 N–H and O–H groups in total. The van der Waals surface area contributed by atoms with Crippen LogP contribution in [0.4, 0.5) is 0 Å². The van der Waals surface area contributed by atoms with Crippen LogP contribution in [0.5, 0.6) is 5.75 Å². The number of hydrogen-bond donors (Lipinski definition) is 0. The molecule has 1 aromatic rings. The predicted molar refractivity (Wildman–Crippen MR) is 78.8 cm³/mol. The van der Waals surface area contributed by atoms with Crippen LogP contribution < -0.4 is 4.74 Å². The van der Waals surface area contributed by atoms with Crippen LogP contribution in [0.25, 0.3) is 0 Å². The van der Waals surface area contributed by atoms with E-state index in [2.05, 4.69) is 18.1 Å². The molecule has 98 valence electrons. The van der Waals surface area contributed by atoms with E-state index in [1.165, 1.54) is 0 Å². The number of halogens is 2. The summed E-state index contributed by atoms with van der Waals surface area (Å²) in [5.74, 6) is 0.612. The van der Waals surface area contributed by atoms with Crippen molar-refractivity contribution in [1.82, 2.24) is 4.90 Å². The van der Waals surface area contributed by atoms with E-state index in [4.69, 9.17) is 27.9 Å². The first kappa shape index (κ1) is 15.1. The average Bonchev–Trinajstić information content (AvgIpc) is 2.34. The van der Waals surface area contributed by atoms with Crippen molar-refractivity contribution in [3.05, 3.63) is 53.6 Å². The Bertz CT molecular complexity index is 397. The fourth-order valence-electron chi connectivity index (χ4n) is 1.49. The van der Waals surface area contributed by atoms with Crippen molar-refractivity contribution < 1.29 is 4.74 Å². The Morgan fingerprint density at radius 3 is 2.44 bits per heavy atom. The molecule has 0 saturated heterocycles. The highest BCUT2D eigenvalue weighted by molar-refractivity contribution is 6.34. The summed E-state index contributed by atoms with van der Waals surface area (Å²) in [4.78, 5) is 2.17. The summed E-state index contributed by atoms with van der Waals surface area (Å²) in [6, 6.07) is 5.18. The van der Waals surface area contributed by atoms with Gasteiger partial charge in [-0.15, -0.1) is 13.2 Å². The first-order chi connectivity index (χ1) is 8.67. The first-order valence-electron chi connectivity index (χ1n) is 5.69. The Hall–Kier alpha value is -0.960. The number of hydrogen-bond acceptors (Lipinski definition) is 2. The number of ether oxygens (including phenoxy) is 1. The van der Waals surface area contributed by atoms with E-state index in [1.807, 2.05) is 12.2 Å². The van der Waals surface area contributed by atoms with Gasteiger partial charge in [0, 0.05) is 30.7 Å². The third-order valence-corrected chi connectivity index (χ3v) is 2.88. The number of nitrogens with zero attached hydrogens (tertiary/aromatic N) is 1. The number of rotatable bonds is 8. The lowest BCUT2D eigenvalue weighted by Crippen LogP contribution is -2.28. The summed E-state index contributed by atoms with van der Waals surface area (Å²) < 4.78 is 5.61. The van der Waals surface area contributed by atoms with Crippen molar-refractivity contribution in [2.75, 3.05) is 26.2 Å². The van der Waals surface area contributed by atoms with Crippen molar-refractivity contribution in [3.8, 4) is 5.75 Å². The molecule has 0 aromatic heterocycles. The molecule has 0 aliphatic rings. The van der Waals surface area contributed by atoms with Gasteiger partial charge in [0.2, 0.25) is 0 Å². The van der Waals surface area contributed by atoms with Gasteiger partial charge in [-0.1, -0.05) is 35.4 Å². The molecule has 4 heteroatoms. The molecule has 0 spiro atoms. The summed E-state index contributed by atoms with van der Waals surface area (Å²) in [6.45, 7) is 10.4. The van der Waals surface area contributed by atoms with E-state index in [0.717, 1.165) is 19.6 Å². The van der Waals surface area contributed by atoms with Crippen LogP contribution in [0.3, 0.4) is 0 Å². The minimum absolute atomic E-state index is 0.543. The molecule has 0 heterocycles. The molecular weight excluding hydrogens is 269 g/mol. The van der Waals surface area contributed by atoms with Gasteiger partial charge in [0.15, 0.2) is 0 Å². The molecule has 1 aromatic carbocycles. The van der Waals surface area contributed by atoms with Crippen LogP contribution in [-0.4, -0.2) is 31.1 Å². The predicted octanol–water partition coefficient (Wildman–Crippen LogP) is 4.05. The van der Waals surface area contributed by atoms with Crippen molar-refractivity contribution in [2.45, 2.75) is 0 Å². The molecule has 0 unspecified atom stereocenters. The van der Waals surface area contributed by atoms with Crippen LogP contribution in [0, 0.1) is 0 Å². The highest BCUT2D eigenvalue weighted by atomic mass is 35.5. The summed E-state index contributed by atoms with van der Waals surface area (Å²) in [6.07, 6.45) is 3.71. The van der Waals surface area contributed by atoms with Crippen molar-refractivity contribution >= 4 is 23.2 Å². The second-order valence-electron chi connectivity index (χ2n) is 3.76. The van der Waals surface area contributed by atoms with Crippen LogP contribution in [-0.2, 0) is 0 Å². The van der Waals surface area contributed by atoms with E-state index in [1.54, 1.807) is 18.2 Å². The van der Waals surface area contributed by atoms with Crippen LogP contribution in [0.15, 0.2) is 43.5 Å². The normalized spacial score (nSPS) is 10.4. The van der Waals surface area contributed by atoms with Crippen molar-refractivity contribution in [3.63, 3.8) is 0 Å². The minimum Gasteiger partial charge on any atom is -0.491 e. The highest BCUT2D eigenvalue weighted by Crippen LogP contribution is 2.27. The lowest BCUT2D eigenvalue weighted by Gasteiger charge is -2.19. The van der Waals surface area contributed by atoms with Gasteiger partial charge in [0.05, 0.1) is 5.02 Å². The van der Waals surface area contributed by atoms with Gasteiger partial charge in [-0.3, -0.25) is 4.90 Å². The van der Waals surface area contributed by atoms with Gasteiger partial charge in [0.25, 0.3) is 0 Å². The monoisotopic (exact) mass is 285 g/mol. The maximum absolute atomic E-state index is 6.00. The summed E-state index contributed by atoms with van der Waals surface area (Å²) in [5.41, 5.74) is 0. The maximum Gasteiger partial charge on any atom is 0.139 e. The van der Waals surface area contributed by atoms with Gasteiger partial charge in [-0.05, 0) is 12.1 Å². The molecule has 0 radical (unpaired) electrons. The second-order valence-corrected chi connectivity index (χ2v) is 4.60. The second kappa shape index (κ2) is 8.20.